The molecule has 20 heavy (non-hydrogen) atoms. The van der Waals surface area contributed by atoms with Gasteiger partial charge in [-0.05, 0) is 47.6 Å². The van der Waals surface area contributed by atoms with Gasteiger partial charge in [-0.15, -0.1) is 13.2 Å². The minimum atomic E-state index is -4.71. The molecule has 0 fully saturated rings. The first-order valence-corrected chi connectivity index (χ1v) is 7.01. The van der Waals surface area contributed by atoms with Crippen molar-refractivity contribution in [3.05, 3.63) is 22.7 Å². The second kappa shape index (κ2) is 7.73. The van der Waals surface area contributed by atoms with E-state index in [1.807, 2.05) is 14.0 Å². The molecule has 1 atom stereocenters. The molecule has 0 amide bonds. The molecule has 3 nitrogen and oxygen atoms in total. The van der Waals surface area contributed by atoms with E-state index in [1.165, 1.54) is 18.2 Å². The first-order chi connectivity index (χ1) is 9.35. The zero-order valence-corrected chi connectivity index (χ0v) is 12.8. The Morgan fingerprint density at radius 3 is 2.55 bits per heavy atom. The van der Waals surface area contributed by atoms with Crippen LogP contribution in [0.4, 0.5) is 13.2 Å². The van der Waals surface area contributed by atoms with E-state index in [0.717, 1.165) is 12.8 Å². The van der Waals surface area contributed by atoms with Crippen molar-refractivity contribution in [1.82, 2.24) is 5.32 Å². The average molecular weight is 356 g/mol. The second-order valence-corrected chi connectivity index (χ2v) is 5.08. The van der Waals surface area contributed by atoms with Crippen LogP contribution in [-0.4, -0.2) is 26.1 Å². The van der Waals surface area contributed by atoms with Crippen LogP contribution < -0.4 is 14.8 Å². The summed E-state index contributed by atoms with van der Waals surface area (Å²) >= 11 is 3.05. The van der Waals surface area contributed by atoms with Gasteiger partial charge in [-0.2, -0.15) is 0 Å². The van der Waals surface area contributed by atoms with Crippen molar-refractivity contribution in [1.29, 1.82) is 0 Å². The normalized spacial score (nSPS) is 13.1. The monoisotopic (exact) mass is 355 g/mol. The fraction of sp³-hybridized carbons (Fsp3) is 0.538. The number of alkyl halides is 3. The third kappa shape index (κ3) is 6.00. The summed E-state index contributed by atoms with van der Waals surface area (Å²) in [5.41, 5.74) is 0. The highest BCUT2D eigenvalue weighted by Gasteiger charge is 2.32. The molecule has 0 radical (unpaired) electrons. The number of hydrogen-bond donors (Lipinski definition) is 1. The van der Waals surface area contributed by atoms with Crippen LogP contribution in [0.2, 0.25) is 0 Å². The maximum absolute atomic E-state index is 12.2. The first-order valence-electron chi connectivity index (χ1n) is 6.22. The molecule has 1 aromatic carbocycles. The molecule has 0 saturated heterocycles. The molecule has 0 aliphatic heterocycles. The van der Waals surface area contributed by atoms with E-state index in [4.69, 9.17) is 4.74 Å². The predicted molar refractivity (Wildman–Crippen MR) is 74.1 cm³/mol. The number of ether oxygens (including phenoxy) is 2. The molecule has 0 saturated carbocycles. The molecule has 0 heterocycles. The third-order valence-electron chi connectivity index (χ3n) is 2.47. The Hall–Kier alpha value is -0.950. The number of rotatable bonds is 7. The molecule has 0 aliphatic rings. The van der Waals surface area contributed by atoms with E-state index in [2.05, 4.69) is 26.0 Å². The van der Waals surface area contributed by atoms with Gasteiger partial charge in [0.1, 0.15) is 17.6 Å². The van der Waals surface area contributed by atoms with E-state index in [1.54, 1.807) is 0 Å². The Morgan fingerprint density at radius 1 is 1.35 bits per heavy atom. The number of benzene rings is 1. The maximum atomic E-state index is 12.2. The Bertz CT molecular complexity index is 421. The summed E-state index contributed by atoms with van der Waals surface area (Å²) in [6.07, 6.45) is -2.91. The molecular weight excluding hydrogens is 339 g/mol. The minimum absolute atomic E-state index is 0.0220. The van der Waals surface area contributed by atoms with Crippen molar-refractivity contribution in [2.75, 3.05) is 13.6 Å². The van der Waals surface area contributed by atoms with Crippen molar-refractivity contribution < 1.29 is 22.6 Å². The van der Waals surface area contributed by atoms with Crippen molar-refractivity contribution in [2.45, 2.75) is 32.2 Å². The van der Waals surface area contributed by atoms with Gasteiger partial charge in [0.2, 0.25) is 0 Å². The Labute approximate surface area is 124 Å². The summed E-state index contributed by atoms with van der Waals surface area (Å²) < 4.78 is 46.3. The van der Waals surface area contributed by atoms with Gasteiger partial charge in [-0.25, -0.2) is 0 Å². The van der Waals surface area contributed by atoms with Crippen molar-refractivity contribution in [2.24, 2.45) is 0 Å². The van der Waals surface area contributed by atoms with E-state index in [-0.39, 0.29) is 16.3 Å². The van der Waals surface area contributed by atoms with Crippen LogP contribution in [0, 0.1) is 0 Å². The average Bonchev–Trinajstić information content (AvgIpc) is 2.32. The number of halogens is 4. The van der Waals surface area contributed by atoms with E-state index in [9.17, 15) is 13.2 Å². The van der Waals surface area contributed by atoms with E-state index >= 15 is 0 Å². The quantitative estimate of drug-likeness (QED) is 0.798. The van der Waals surface area contributed by atoms with Crippen LogP contribution >= 0.6 is 15.9 Å². The molecule has 0 spiro atoms. The lowest BCUT2D eigenvalue weighted by Gasteiger charge is -2.19. The zero-order valence-electron chi connectivity index (χ0n) is 11.3. The van der Waals surface area contributed by atoms with Crippen LogP contribution in [0.1, 0.15) is 19.8 Å². The predicted octanol–water partition coefficient (Wildman–Crippen LogP) is 4.11. The topological polar surface area (TPSA) is 30.5 Å². The summed E-state index contributed by atoms with van der Waals surface area (Å²) in [6.45, 7) is 2.72. The molecule has 1 rings (SSSR count). The molecule has 114 valence electrons. The Balaban J connectivity index is 2.75. The van der Waals surface area contributed by atoms with Crippen molar-refractivity contribution in [3.63, 3.8) is 0 Å². The van der Waals surface area contributed by atoms with Crippen LogP contribution in [-0.2, 0) is 0 Å². The molecule has 0 aliphatic carbocycles. The molecule has 1 N–H and O–H groups in total. The summed E-state index contributed by atoms with van der Waals surface area (Å²) in [7, 11) is 1.82. The summed E-state index contributed by atoms with van der Waals surface area (Å²) in [5.74, 6) is 0.214. The van der Waals surface area contributed by atoms with Gasteiger partial charge in [-0.3, -0.25) is 0 Å². The highest BCUT2D eigenvalue weighted by Crippen LogP contribution is 2.33. The molecule has 1 aromatic rings. The van der Waals surface area contributed by atoms with Crippen LogP contribution in [0.5, 0.6) is 11.5 Å². The number of likely N-dealkylation sites (N-methyl/N-ethyl adjacent to an activating group) is 1. The van der Waals surface area contributed by atoms with Gasteiger partial charge in [0, 0.05) is 6.54 Å². The van der Waals surface area contributed by atoms with Crippen LogP contribution in [0.25, 0.3) is 0 Å². The van der Waals surface area contributed by atoms with Gasteiger partial charge < -0.3 is 14.8 Å². The maximum Gasteiger partial charge on any atom is 0.573 e. The molecule has 0 bridgehead atoms. The molecule has 7 heteroatoms. The lowest BCUT2D eigenvalue weighted by atomic mass is 10.2. The fourth-order valence-electron chi connectivity index (χ4n) is 1.71. The standard InChI is InChI=1S/C13H17BrF3NO2/c1-3-4-10(8-18-2)19-9-5-6-12(11(14)7-9)20-13(15,16)17/h5-7,10,18H,3-4,8H2,1-2H3. The van der Waals surface area contributed by atoms with Crippen LogP contribution in [0.3, 0.4) is 0 Å². The van der Waals surface area contributed by atoms with E-state index in [0.29, 0.717) is 12.3 Å². The smallest absolute Gasteiger partial charge is 0.489 e. The Morgan fingerprint density at radius 2 is 2.05 bits per heavy atom. The van der Waals surface area contributed by atoms with Gasteiger partial charge in [-0.1, -0.05) is 13.3 Å². The minimum Gasteiger partial charge on any atom is -0.489 e. The van der Waals surface area contributed by atoms with Gasteiger partial charge in [0.05, 0.1) is 4.47 Å². The van der Waals surface area contributed by atoms with Gasteiger partial charge >= 0.3 is 6.36 Å². The van der Waals surface area contributed by atoms with Crippen molar-refractivity contribution >= 4 is 15.9 Å². The summed E-state index contributed by atoms with van der Waals surface area (Å²) in [5, 5.41) is 3.02. The molecule has 0 aromatic heterocycles. The lowest BCUT2D eigenvalue weighted by Crippen LogP contribution is -2.29. The highest BCUT2D eigenvalue weighted by atomic mass is 79.9. The number of hydrogen-bond acceptors (Lipinski definition) is 3. The Kier molecular flexibility index (Phi) is 6.61. The third-order valence-corrected chi connectivity index (χ3v) is 3.09. The lowest BCUT2D eigenvalue weighted by molar-refractivity contribution is -0.274. The summed E-state index contributed by atoms with van der Waals surface area (Å²) in [6, 6.07) is 4.17. The second-order valence-electron chi connectivity index (χ2n) is 4.23. The fourth-order valence-corrected chi connectivity index (χ4v) is 2.15. The highest BCUT2D eigenvalue weighted by molar-refractivity contribution is 9.10. The van der Waals surface area contributed by atoms with Crippen molar-refractivity contribution in [3.8, 4) is 11.5 Å². The number of nitrogens with one attached hydrogen (secondary N) is 1. The van der Waals surface area contributed by atoms with Gasteiger partial charge in [0.25, 0.3) is 0 Å². The van der Waals surface area contributed by atoms with Gasteiger partial charge in [0.15, 0.2) is 0 Å². The molecule has 1 unspecified atom stereocenters. The largest absolute Gasteiger partial charge is 0.573 e. The zero-order chi connectivity index (χ0) is 15.2. The van der Waals surface area contributed by atoms with E-state index < -0.39 is 6.36 Å². The van der Waals surface area contributed by atoms with Crippen LogP contribution in [0.15, 0.2) is 22.7 Å². The SMILES string of the molecule is CCCC(CNC)Oc1ccc(OC(F)(F)F)c(Br)c1. The summed E-state index contributed by atoms with van der Waals surface area (Å²) in [4.78, 5) is 0. The molecular formula is C13H17BrF3NO2. The first kappa shape index (κ1) is 17.1.